The van der Waals surface area contributed by atoms with Crippen molar-refractivity contribution >= 4 is 39.8 Å². The summed E-state index contributed by atoms with van der Waals surface area (Å²) in [4.78, 5) is 17.2. The number of nitrogens with zero attached hydrogens (tertiary/aromatic N) is 3. The molecule has 0 radical (unpaired) electrons. The maximum Gasteiger partial charge on any atom is 0.264 e. The van der Waals surface area contributed by atoms with Gasteiger partial charge in [-0.25, -0.2) is 4.52 Å². The fourth-order valence-corrected chi connectivity index (χ4v) is 3.53. The van der Waals surface area contributed by atoms with Crippen LogP contribution in [0.2, 0.25) is 5.02 Å². The normalized spacial score (nSPS) is 10.9. The molecule has 8 heteroatoms. The van der Waals surface area contributed by atoms with E-state index in [0.717, 1.165) is 16.8 Å². The molecule has 4 rings (SSSR count). The molecule has 1 N–H and O–H groups in total. The maximum absolute atomic E-state index is 12.2. The lowest BCUT2D eigenvalue weighted by atomic mass is 10.2. The number of amides is 1. The molecule has 2 aromatic heterocycles. The zero-order valence-electron chi connectivity index (χ0n) is 14.3. The Labute approximate surface area is 164 Å². The molecule has 0 saturated carbocycles. The Balaban J connectivity index is 1.47. The number of ether oxygens (including phenoxy) is 1. The number of hydrogen-bond acceptors (Lipinski definition) is 5. The number of anilines is 1. The average Bonchev–Trinajstić information content (AvgIpc) is 3.22. The molecule has 2 aromatic carbocycles. The molecule has 6 nitrogen and oxygen atoms in total. The van der Waals surface area contributed by atoms with E-state index >= 15 is 0 Å². The first kappa shape index (κ1) is 17.5. The molecule has 0 saturated heterocycles. The predicted molar refractivity (Wildman–Crippen MR) is 107 cm³/mol. The monoisotopic (exact) mass is 398 g/mol. The van der Waals surface area contributed by atoms with Crippen LogP contribution >= 0.6 is 22.9 Å². The Morgan fingerprint density at radius 3 is 2.78 bits per heavy atom. The molecular formula is C19H15ClN4O2S. The van der Waals surface area contributed by atoms with Crippen LogP contribution in [0.25, 0.3) is 16.2 Å². The topological polar surface area (TPSA) is 68.5 Å². The third-order valence-corrected chi connectivity index (χ3v) is 4.99. The summed E-state index contributed by atoms with van der Waals surface area (Å²) >= 11 is 7.39. The molecule has 0 aliphatic carbocycles. The molecule has 4 aromatic rings. The third kappa shape index (κ3) is 3.79. The number of rotatable bonds is 5. The number of para-hydroxylation sites is 1. The summed E-state index contributed by atoms with van der Waals surface area (Å²) in [6, 6.07) is 15.0. The first-order chi connectivity index (χ1) is 13.1. The lowest BCUT2D eigenvalue weighted by Gasteiger charge is -2.07. The zero-order valence-corrected chi connectivity index (χ0v) is 15.9. The van der Waals surface area contributed by atoms with Crippen LogP contribution in [-0.2, 0) is 4.79 Å². The minimum absolute atomic E-state index is 0.109. The maximum atomic E-state index is 12.2. The van der Waals surface area contributed by atoms with Gasteiger partial charge in [-0.3, -0.25) is 10.1 Å². The van der Waals surface area contributed by atoms with Crippen LogP contribution in [0.4, 0.5) is 5.95 Å². The lowest BCUT2D eigenvalue weighted by molar-refractivity contribution is -0.118. The summed E-state index contributed by atoms with van der Waals surface area (Å²) in [5.74, 6) is 0.608. The van der Waals surface area contributed by atoms with Gasteiger partial charge in [0.2, 0.25) is 4.96 Å². The van der Waals surface area contributed by atoms with Crippen molar-refractivity contribution < 1.29 is 9.53 Å². The second-order valence-electron chi connectivity index (χ2n) is 5.86. The van der Waals surface area contributed by atoms with Gasteiger partial charge in [-0.1, -0.05) is 41.9 Å². The molecule has 0 aliphatic heterocycles. The smallest absolute Gasteiger partial charge is 0.264 e. The van der Waals surface area contributed by atoms with E-state index < -0.39 is 0 Å². The van der Waals surface area contributed by atoms with Crippen molar-refractivity contribution in [2.45, 2.75) is 6.92 Å². The average molecular weight is 399 g/mol. The fourth-order valence-electron chi connectivity index (χ4n) is 2.58. The highest BCUT2D eigenvalue weighted by Crippen LogP contribution is 2.27. The number of aromatic nitrogens is 3. The van der Waals surface area contributed by atoms with Gasteiger partial charge >= 0.3 is 0 Å². The van der Waals surface area contributed by atoms with Crippen molar-refractivity contribution in [3.63, 3.8) is 0 Å². The number of carbonyl (C=O) groups excluding carboxylic acids is 1. The largest absolute Gasteiger partial charge is 0.483 e. The standard InChI is InChI=1S/C19H15ClN4O2S/c1-12-4-2-3-5-16(12)26-10-17(25)21-18-22-19-24(23-18)15(11-27-19)13-6-8-14(20)9-7-13/h2-9,11H,10H2,1H3,(H,21,23,25). The van der Waals surface area contributed by atoms with Crippen molar-refractivity contribution in [2.75, 3.05) is 11.9 Å². The van der Waals surface area contributed by atoms with Gasteiger partial charge in [0.1, 0.15) is 5.75 Å². The summed E-state index contributed by atoms with van der Waals surface area (Å²) in [6.07, 6.45) is 0. The van der Waals surface area contributed by atoms with Gasteiger partial charge in [0, 0.05) is 16.0 Å². The Bertz CT molecular complexity index is 1100. The highest BCUT2D eigenvalue weighted by molar-refractivity contribution is 7.15. The Morgan fingerprint density at radius 1 is 1.22 bits per heavy atom. The lowest BCUT2D eigenvalue weighted by Crippen LogP contribution is -2.21. The molecule has 2 heterocycles. The number of carbonyl (C=O) groups is 1. The van der Waals surface area contributed by atoms with Crippen LogP contribution in [0.3, 0.4) is 0 Å². The molecule has 0 fully saturated rings. The van der Waals surface area contributed by atoms with E-state index in [0.29, 0.717) is 15.7 Å². The van der Waals surface area contributed by atoms with Crippen LogP contribution < -0.4 is 10.1 Å². The van der Waals surface area contributed by atoms with Gasteiger partial charge in [0.05, 0.1) is 5.69 Å². The summed E-state index contributed by atoms with van der Waals surface area (Å²) in [5.41, 5.74) is 2.82. The van der Waals surface area contributed by atoms with Gasteiger partial charge in [0.15, 0.2) is 6.61 Å². The molecular weight excluding hydrogens is 384 g/mol. The van der Waals surface area contributed by atoms with Gasteiger partial charge in [-0.15, -0.1) is 16.4 Å². The Hall–Kier alpha value is -2.90. The quantitative estimate of drug-likeness (QED) is 0.539. The number of hydrogen-bond donors (Lipinski definition) is 1. The summed E-state index contributed by atoms with van der Waals surface area (Å²) < 4.78 is 7.25. The number of aryl methyl sites for hydroxylation is 1. The fraction of sp³-hybridized carbons (Fsp3) is 0.105. The van der Waals surface area contributed by atoms with Crippen molar-refractivity contribution in [1.29, 1.82) is 0 Å². The van der Waals surface area contributed by atoms with E-state index in [1.807, 2.05) is 60.8 Å². The zero-order chi connectivity index (χ0) is 18.8. The van der Waals surface area contributed by atoms with Crippen LogP contribution in [0.1, 0.15) is 5.56 Å². The number of thiazole rings is 1. The third-order valence-electron chi connectivity index (χ3n) is 3.93. The minimum atomic E-state index is -0.315. The summed E-state index contributed by atoms with van der Waals surface area (Å²) in [6.45, 7) is 1.82. The van der Waals surface area contributed by atoms with E-state index in [-0.39, 0.29) is 18.5 Å². The molecule has 0 aliphatic rings. The SMILES string of the molecule is Cc1ccccc1OCC(=O)Nc1nc2scc(-c3ccc(Cl)cc3)n2n1. The Kier molecular flexibility index (Phi) is 4.79. The second kappa shape index (κ2) is 7.38. The Morgan fingerprint density at radius 2 is 2.00 bits per heavy atom. The van der Waals surface area contributed by atoms with Crippen LogP contribution in [0, 0.1) is 6.92 Å². The number of fused-ring (bicyclic) bond motifs is 1. The van der Waals surface area contributed by atoms with Crippen molar-refractivity contribution in [2.24, 2.45) is 0 Å². The van der Waals surface area contributed by atoms with Crippen LogP contribution in [-0.4, -0.2) is 27.1 Å². The molecule has 136 valence electrons. The second-order valence-corrected chi connectivity index (χ2v) is 7.13. The van der Waals surface area contributed by atoms with Crippen molar-refractivity contribution in [3.05, 3.63) is 64.5 Å². The van der Waals surface area contributed by atoms with Gasteiger partial charge in [-0.05, 0) is 30.7 Å². The van der Waals surface area contributed by atoms with E-state index in [4.69, 9.17) is 16.3 Å². The van der Waals surface area contributed by atoms with Crippen LogP contribution in [0.5, 0.6) is 5.75 Å². The number of benzene rings is 2. The molecule has 0 spiro atoms. The highest BCUT2D eigenvalue weighted by Gasteiger charge is 2.14. The van der Waals surface area contributed by atoms with Crippen molar-refractivity contribution in [3.8, 4) is 17.0 Å². The number of halogens is 1. The molecule has 1 amide bonds. The van der Waals surface area contributed by atoms with Gasteiger partial charge < -0.3 is 4.74 Å². The first-order valence-electron chi connectivity index (χ1n) is 8.18. The van der Waals surface area contributed by atoms with E-state index in [2.05, 4.69) is 15.4 Å². The van der Waals surface area contributed by atoms with Gasteiger partial charge in [-0.2, -0.15) is 4.98 Å². The summed E-state index contributed by atoms with van der Waals surface area (Å²) in [5, 5.41) is 9.69. The predicted octanol–water partition coefficient (Wildman–Crippen LogP) is 4.44. The number of nitrogens with one attached hydrogen (secondary N) is 1. The van der Waals surface area contributed by atoms with Crippen molar-refractivity contribution in [1.82, 2.24) is 14.6 Å². The molecule has 27 heavy (non-hydrogen) atoms. The van der Waals surface area contributed by atoms with E-state index in [1.165, 1.54) is 11.3 Å². The van der Waals surface area contributed by atoms with Crippen LogP contribution in [0.15, 0.2) is 53.9 Å². The first-order valence-corrected chi connectivity index (χ1v) is 9.44. The molecule has 0 unspecified atom stereocenters. The summed E-state index contributed by atoms with van der Waals surface area (Å²) in [7, 11) is 0. The minimum Gasteiger partial charge on any atom is -0.483 e. The van der Waals surface area contributed by atoms with E-state index in [9.17, 15) is 4.79 Å². The molecule has 0 bridgehead atoms. The molecule has 0 atom stereocenters. The van der Waals surface area contributed by atoms with Gasteiger partial charge in [0.25, 0.3) is 11.9 Å². The highest BCUT2D eigenvalue weighted by atomic mass is 35.5. The van der Waals surface area contributed by atoms with E-state index in [1.54, 1.807) is 4.52 Å².